The van der Waals surface area contributed by atoms with Gasteiger partial charge in [0.2, 0.25) is 10.0 Å². The zero-order valence-corrected chi connectivity index (χ0v) is 23.3. The number of hydrogen-bond donors (Lipinski definition) is 2. The number of anilines is 1. The van der Waals surface area contributed by atoms with E-state index < -0.39 is 10.0 Å². The minimum absolute atomic E-state index is 0.130. The Kier molecular flexibility index (Phi) is 9.82. The molecule has 0 unspecified atom stereocenters. The normalized spacial score (nSPS) is 16.3. The quantitative estimate of drug-likeness (QED) is 0.159. The van der Waals surface area contributed by atoms with Crippen LogP contribution < -0.4 is 11.3 Å². The number of likely N-dealkylation sites (tertiary alicyclic amines) is 1. The van der Waals surface area contributed by atoms with Crippen LogP contribution in [0.1, 0.15) is 45.1 Å². The Hall–Kier alpha value is -1.86. The van der Waals surface area contributed by atoms with E-state index >= 15 is 0 Å². The van der Waals surface area contributed by atoms with E-state index in [0.717, 1.165) is 55.7 Å². The SMILES string of the molecule is CCN(CCCN1CCC(CC#N)(n2cc(-c3ncnc(NN)c3CI)cn2)CC1)S(=O)(=O)CC. The van der Waals surface area contributed by atoms with Gasteiger partial charge in [-0.1, -0.05) is 29.5 Å². The predicted molar refractivity (Wildman–Crippen MR) is 144 cm³/mol. The van der Waals surface area contributed by atoms with E-state index in [1.165, 1.54) is 6.33 Å². The number of nitrogens with two attached hydrogens (primary N) is 1. The number of nitrogen functional groups attached to an aromatic ring is 1. The van der Waals surface area contributed by atoms with Crippen LogP contribution in [0.25, 0.3) is 11.3 Å². The monoisotopic (exact) mass is 615 g/mol. The molecule has 0 atom stereocenters. The summed E-state index contributed by atoms with van der Waals surface area (Å²) in [6, 6.07) is 2.36. The third-order valence-corrected chi connectivity index (χ3v) is 9.47. The van der Waals surface area contributed by atoms with E-state index in [-0.39, 0.29) is 11.3 Å². The standard InChI is InChI=1S/C22H34IN9O2S/c1-3-31(35(33,34)4-2)11-5-10-30-12-7-22(6-9-24,8-13-30)32-16-18(15-28-32)20-19(14-23)21(29-25)27-17-26-20/h15-17H,3-8,10-14,25H2,1-2H3,(H,26,27,29). The number of hydrogen-bond acceptors (Lipinski definition) is 9. The molecule has 0 aliphatic carbocycles. The molecule has 0 saturated carbocycles. The van der Waals surface area contributed by atoms with Gasteiger partial charge in [0.1, 0.15) is 12.1 Å². The van der Waals surface area contributed by atoms with Crippen molar-refractivity contribution in [1.82, 2.24) is 29.0 Å². The molecule has 0 aromatic carbocycles. The lowest BCUT2D eigenvalue weighted by Gasteiger charge is -2.41. The molecular formula is C22H34IN9O2S. The summed E-state index contributed by atoms with van der Waals surface area (Å²) < 4.78 is 28.5. The zero-order valence-electron chi connectivity index (χ0n) is 20.3. The number of hydrazine groups is 1. The van der Waals surface area contributed by atoms with E-state index in [0.29, 0.717) is 29.8 Å². The van der Waals surface area contributed by atoms with Crippen molar-refractivity contribution in [3.05, 3.63) is 24.3 Å². The third kappa shape index (κ3) is 6.29. The van der Waals surface area contributed by atoms with Crippen LogP contribution in [-0.4, -0.2) is 75.8 Å². The molecule has 1 aliphatic rings. The molecule has 1 fully saturated rings. The van der Waals surface area contributed by atoms with Crippen LogP contribution in [0.5, 0.6) is 0 Å². The Morgan fingerprint density at radius 1 is 1.31 bits per heavy atom. The number of piperidine rings is 1. The van der Waals surface area contributed by atoms with Crippen molar-refractivity contribution in [1.29, 1.82) is 5.26 Å². The minimum Gasteiger partial charge on any atom is -0.308 e. The van der Waals surface area contributed by atoms with Gasteiger partial charge in [-0.2, -0.15) is 10.4 Å². The fourth-order valence-corrected chi connectivity index (χ4v) is 6.48. The topological polar surface area (TPSA) is 146 Å². The maximum Gasteiger partial charge on any atom is 0.213 e. The Morgan fingerprint density at radius 3 is 2.66 bits per heavy atom. The average molecular weight is 616 g/mol. The van der Waals surface area contributed by atoms with Gasteiger partial charge >= 0.3 is 0 Å². The summed E-state index contributed by atoms with van der Waals surface area (Å²) in [5.41, 5.74) is 4.81. The predicted octanol–water partition coefficient (Wildman–Crippen LogP) is 2.33. The highest BCUT2D eigenvalue weighted by Crippen LogP contribution is 2.35. The fraction of sp³-hybridized carbons (Fsp3) is 0.636. The number of nitrogens with zero attached hydrogens (tertiary/aromatic N) is 7. The summed E-state index contributed by atoms with van der Waals surface area (Å²) in [7, 11) is -3.16. The molecule has 11 nitrogen and oxygen atoms in total. The highest BCUT2D eigenvalue weighted by atomic mass is 127. The maximum atomic E-state index is 12.2. The largest absolute Gasteiger partial charge is 0.308 e. The van der Waals surface area contributed by atoms with Crippen LogP contribution in [0.4, 0.5) is 5.82 Å². The second-order valence-corrected chi connectivity index (χ2v) is 11.7. The lowest BCUT2D eigenvalue weighted by molar-refractivity contribution is 0.100. The van der Waals surface area contributed by atoms with Crippen molar-refractivity contribution in [2.45, 2.75) is 49.5 Å². The molecular weight excluding hydrogens is 581 g/mol. The molecule has 0 spiro atoms. The van der Waals surface area contributed by atoms with Gasteiger partial charge in [-0.05, 0) is 32.7 Å². The number of halogens is 1. The average Bonchev–Trinajstić information content (AvgIpc) is 3.38. The van der Waals surface area contributed by atoms with Gasteiger partial charge in [0, 0.05) is 47.9 Å². The molecule has 192 valence electrons. The van der Waals surface area contributed by atoms with Gasteiger partial charge in [0.15, 0.2) is 0 Å². The lowest BCUT2D eigenvalue weighted by Crippen LogP contribution is -2.47. The van der Waals surface area contributed by atoms with Crippen LogP contribution >= 0.6 is 22.6 Å². The van der Waals surface area contributed by atoms with Crippen LogP contribution in [0.2, 0.25) is 0 Å². The molecule has 13 heteroatoms. The van der Waals surface area contributed by atoms with Crippen molar-refractivity contribution >= 4 is 38.4 Å². The van der Waals surface area contributed by atoms with E-state index in [1.54, 1.807) is 17.4 Å². The first kappa shape index (κ1) is 27.7. The first-order valence-electron chi connectivity index (χ1n) is 11.8. The highest BCUT2D eigenvalue weighted by molar-refractivity contribution is 14.1. The number of rotatable bonds is 12. The number of aromatic nitrogens is 4. The number of alkyl halides is 1. The van der Waals surface area contributed by atoms with Crippen molar-refractivity contribution in [2.75, 3.05) is 43.9 Å². The number of nitriles is 1. The Balaban J connectivity index is 1.69. The van der Waals surface area contributed by atoms with Crippen molar-refractivity contribution in [3.63, 3.8) is 0 Å². The summed E-state index contributed by atoms with van der Waals surface area (Å²) in [5.74, 6) is 6.34. The Bertz CT molecular complexity index is 1120. The second-order valence-electron chi connectivity index (χ2n) is 8.65. The highest BCUT2D eigenvalue weighted by Gasteiger charge is 2.37. The minimum atomic E-state index is -3.16. The summed E-state index contributed by atoms with van der Waals surface area (Å²) in [5, 5.41) is 14.3. The van der Waals surface area contributed by atoms with Crippen LogP contribution in [0, 0.1) is 11.3 Å². The van der Waals surface area contributed by atoms with Crippen LogP contribution in [0.3, 0.4) is 0 Å². The molecule has 35 heavy (non-hydrogen) atoms. The van der Waals surface area contributed by atoms with E-state index in [4.69, 9.17) is 5.84 Å². The molecule has 2 aromatic rings. The van der Waals surface area contributed by atoms with Crippen LogP contribution in [0.15, 0.2) is 18.7 Å². The van der Waals surface area contributed by atoms with E-state index in [1.807, 2.05) is 17.8 Å². The molecule has 3 N–H and O–H groups in total. The van der Waals surface area contributed by atoms with Gasteiger partial charge < -0.3 is 10.3 Å². The summed E-state index contributed by atoms with van der Waals surface area (Å²) in [4.78, 5) is 11.0. The molecule has 1 saturated heterocycles. The van der Waals surface area contributed by atoms with Gasteiger partial charge in [-0.3, -0.25) is 4.68 Å². The zero-order chi connectivity index (χ0) is 25.5. The Labute approximate surface area is 221 Å². The van der Waals surface area contributed by atoms with Crippen molar-refractivity contribution in [3.8, 4) is 17.3 Å². The fourth-order valence-electron chi connectivity index (χ4n) is 4.59. The third-order valence-electron chi connectivity index (χ3n) is 6.75. The summed E-state index contributed by atoms with van der Waals surface area (Å²) >= 11 is 2.26. The molecule has 0 bridgehead atoms. The van der Waals surface area contributed by atoms with Crippen LogP contribution in [-0.2, 0) is 20.0 Å². The van der Waals surface area contributed by atoms with Crippen molar-refractivity contribution < 1.29 is 8.42 Å². The molecule has 3 heterocycles. The molecule has 3 rings (SSSR count). The molecule has 2 aromatic heterocycles. The van der Waals surface area contributed by atoms with E-state index in [2.05, 4.69) is 54.1 Å². The molecule has 0 amide bonds. The Morgan fingerprint density at radius 2 is 2.06 bits per heavy atom. The maximum absolute atomic E-state index is 12.2. The number of sulfonamides is 1. The van der Waals surface area contributed by atoms with Gasteiger partial charge in [-0.15, -0.1) is 0 Å². The van der Waals surface area contributed by atoms with E-state index in [9.17, 15) is 13.7 Å². The number of nitrogens with one attached hydrogen (secondary N) is 1. The smallest absolute Gasteiger partial charge is 0.213 e. The summed E-state index contributed by atoms with van der Waals surface area (Å²) in [6.45, 7) is 7.08. The summed E-state index contributed by atoms with van der Waals surface area (Å²) in [6.07, 6.45) is 7.99. The molecule has 0 radical (unpaired) electrons. The molecule has 1 aliphatic heterocycles. The first-order valence-corrected chi connectivity index (χ1v) is 15.0. The lowest BCUT2D eigenvalue weighted by atomic mass is 9.85. The van der Waals surface area contributed by atoms with Gasteiger partial charge in [0.25, 0.3) is 0 Å². The first-order chi connectivity index (χ1) is 16.8. The second kappa shape index (κ2) is 12.4. The van der Waals surface area contributed by atoms with Crippen molar-refractivity contribution in [2.24, 2.45) is 5.84 Å². The van der Waals surface area contributed by atoms with Gasteiger partial charge in [0.05, 0.1) is 35.7 Å². The van der Waals surface area contributed by atoms with Gasteiger partial charge in [-0.25, -0.2) is 28.5 Å².